The van der Waals surface area contributed by atoms with Crippen LogP contribution in [0.5, 0.6) is 5.88 Å². The fraction of sp³-hybridized carbons (Fsp3) is 0.444. The SMILES string of the molecule is Cc1ccc([C@H](c2sc3ncnn3c2O)[NH+]2CCC(C)CC2)cc1. The van der Waals surface area contributed by atoms with E-state index < -0.39 is 0 Å². The summed E-state index contributed by atoms with van der Waals surface area (Å²) >= 11 is 1.55. The van der Waals surface area contributed by atoms with Crippen molar-refractivity contribution >= 4 is 16.3 Å². The first-order valence-corrected chi connectivity index (χ1v) is 9.37. The second-order valence-corrected chi connectivity index (χ2v) is 7.94. The summed E-state index contributed by atoms with van der Waals surface area (Å²) in [5.41, 5.74) is 2.51. The number of hydrogen-bond donors (Lipinski definition) is 2. The number of piperidine rings is 1. The maximum absolute atomic E-state index is 10.7. The van der Waals surface area contributed by atoms with Gasteiger partial charge in [-0.25, -0.2) is 4.98 Å². The monoisotopic (exact) mass is 343 g/mol. The van der Waals surface area contributed by atoms with Crippen molar-refractivity contribution in [2.45, 2.75) is 32.7 Å². The Bertz CT molecular complexity index is 830. The number of aromatic nitrogens is 3. The van der Waals surface area contributed by atoms with Crippen LogP contribution in [0, 0.1) is 12.8 Å². The predicted molar refractivity (Wildman–Crippen MR) is 94.6 cm³/mol. The normalized spacial score (nSPS) is 22.8. The molecule has 0 bridgehead atoms. The first kappa shape index (κ1) is 15.6. The molecule has 0 saturated carbocycles. The average Bonchev–Trinajstić information content (AvgIpc) is 3.15. The Morgan fingerprint density at radius 2 is 1.96 bits per heavy atom. The quantitative estimate of drug-likeness (QED) is 0.767. The summed E-state index contributed by atoms with van der Waals surface area (Å²) in [6.07, 6.45) is 3.96. The van der Waals surface area contributed by atoms with Gasteiger partial charge in [0.05, 0.1) is 13.1 Å². The lowest BCUT2D eigenvalue weighted by atomic mass is 9.95. The van der Waals surface area contributed by atoms with Gasteiger partial charge in [-0.15, -0.1) is 0 Å². The van der Waals surface area contributed by atoms with E-state index in [1.807, 2.05) is 0 Å². The van der Waals surface area contributed by atoms with E-state index in [1.54, 1.807) is 15.9 Å². The fourth-order valence-corrected chi connectivity index (χ4v) is 4.75. The smallest absolute Gasteiger partial charge is 0.235 e. The van der Waals surface area contributed by atoms with Crippen LogP contribution in [0.15, 0.2) is 30.6 Å². The molecule has 1 aliphatic rings. The second kappa shape index (κ2) is 6.18. The largest absolute Gasteiger partial charge is 0.492 e. The van der Waals surface area contributed by atoms with Gasteiger partial charge in [0.15, 0.2) is 6.04 Å². The van der Waals surface area contributed by atoms with E-state index in [1.165, 1.54) is 35.2 Å². The van der Waals surface area contributed by atoms with E-state index in [0.29, 0.717) is 0 Å². The number of hydrogen-bond acceptors (Lipinski definition) is 4. The minimum atomic E-state index is 0.145. The topological polar surface area (TPSA) is 54.9 Å². The lowest BCUT2D eigenvalue weighted by Crippen LogP contribution is -3.13. The molecule has 1 fully saturated rings. The maximum Gasteiger partial charge on any atom is 0.235 e. The van der Waals surface area contributed by atoms with Gasteiger partial charge in [0.25, 0.3) is 0 Å². The van der Waals surface area contributed by atoms with Crippen LogP contribution in [0.1, 0.15) is 41.8 Å². The van der Waals surface area contributed by atoms with Crippen LogP contribution in [0.3, 0.4) is 0 Å². The van der Waals surface area contributed by atoms with Crippen LogP contribution in [-0.4, -0.2) is 32.8 Å². The zero-order valence-corrected chi connectivity index (χ0v) is 14.9. The number of benzene rings is 1. The first-order valence-electron chi connectivity index (χ1n) is 8.56. The molecule has 0 radical (unpaired) electrons. The van der Waals surface area contributed by atoms with Gasteiger partial charge in [0.2, 0.25) is 10.8 Å². The van der Waals surface area contributed by atoms with Gasteiger partial charge in [0, 0.05) is 5.56 Å². The van der Waals surface area contributed by atoms with Gasteiger partial charge >= 0.3 is 0 Å². The van der Waals surface area contributed by atoms with Crippen LogP contribution >= 0.6 is 11.3 Å². The number of rotatable bonds is 3. The van der Waals surface area contributed by atoms with Crippen molar-refractivity contribution in [1.29, 1.82) is 0 Å². The first-order chi connectivity index (χ1) is 11.6. The standard InChI is InChI=1S/C18H22N4OS/c1-12-3-5-14(6-4-12)15(21-9-7-13(2)8-10-21)16-17(23)22-18(24-16)19-11-20-22/h3-6,11,13,15,23H,7-10H2,1-2H3/p+1/t15-/m1/s1. The van der Waals surface area contributed by atoms with E-state index in [4.69, 9.17) is 0 Å². The van der Waals surface area contributed by atoms with Gasteiger partial charge in [-0.2, -0.15) is 9.61 Å². The molecule has 0 spiro atoms. The highest BCUT2D eigenvalue weighted by atomic mass is 32.1. The molecule has 6 heteroatoms. The van der Waals surface area contributed by atoms with Crippen molar-refractivity contribution in [3.8, 4) is 5.88 Å². The zero-order chi connectivity index (χ0) is 16.7. The van der Waals surface area contributed by atoms with Gasteiger partial charge < -0.3 is 10.0 Å². The van der Waals surface area contributed by atoms with Crippen LogP contribution in [0.2, 0.25) is 0 Å². The maximum atomic E-state index is 10.7. The molecule has 5 nitrogen and oxygen atoms in total. The Kier molecular flexibility index (Phi) is 4.02. The number of nitrogens with one attached hydrogen (secondary N) is 1. The van der Waals surface area contributed by atoms with Crippen LogP contribution in [0.25, 0.3) is 4.96 Å². The van der Waals surface area contributed by atoms with Gasteiger partial charge in [-0.1, -0.05) is 48.1 Å². The molecule has 126 valence electrons. The highest BCUT2D eigenvalue weighted by Gasteiger charge is 2.34. The Hall–Kier alpha value is -1.92. The number of likely N-dealkylation sites (tertiary alicyclic amines) is 1. The molecule has 1 atom stereocenters. The van der Waals surface area contributed by atoms with E-state index in [0.717, 1.165) is 28.8 Å². The van der Waals surface area contributed by atoms with E-state index in [-0.39, 0.29) is 11.9 Å². The summed E-state index contributed by atoms with van der Waals surface area (Å²) in [5.74, 6) is 1.03. The van der Waals surface area contributed by atoms with Crippen molar-refractivity contribution in [3.05, 3.63) is 46.6 Å². The lowest BCUT2D eigenvalue weighted by Gasteiger charge is -2.33. The van der Waals surface area contributed by atoms with Crippen molar-refractivity contribution in [2.75, 3.05) is 13.1 Å². The number of aromatic hydroxyl groups is 1. The van der Waals surface area contributed by atoms with Crippen molar-refractivity contribution < 1.29 is 10.0 Å². The fourth-order valence-electron chi connectivity index (χ4n) is 3.64. The predicted octanol–water partition coefficient (Wildman–Crippen LogP) is 2.21. The molecule has 2 aromatic heterocycles. The molecular formula is C18H23N4OS+. The number of quaternary nitrogens is 1. The number of fused-ring (bicyclic) bond motifs is 1. The highest BCUT2D eigenvalue weighted by Crippen LogP contribution is 2.35. The molecule has 1 aromatic carbocycles. The van der Waals surface area contributed by atoms with E-state index in [9.17, 15) is 5.11 Å². The van der Waals surface area contributed by atoms with Gasteiger partial charge in [-0.05, 0) is 25.7 Å². The van der Waals surface area contributed by atoms with Crippen LogP contribution in [0.4, 0.5) is 0 Å². The molecule has 0 amide bonds. The molecule has 3 aromatic rings. The van der Waals surface area contributed by atoms with Crippen molar-refractivity contribution in [2.24, 2.45) is 5.92 Å². The lowest BCUT2D eigenvalue weighted by molar-refractivity contribution is -0.931. The average molecular weight is 343 g/mol. The molecule has 4 rings (SSSR count). The molecule has 1 aliphatic heterocycles. The van der Waals surface area contributed by atoms with Crippen molar-refractivity contribution in [1.82, 2.24) is 14.6 Å². The minimum Gasteiger partial charge on any atom is -0.492 e. The summed E-state index contributed by atoms with van der Waals surface area (Å²) < 4.78 is 1.55. The van der Waals surface area contributed by atoms with Crippen molar-refractivity contribution in [3.63, 3.8) is 0 Å². The Morgan fingerprint density at radius 1 is 1.25 bits per heavy atom. The molecule has 0 unspecified atom stereocenters. The van der Waals surface area contributed by atoms with Crippen LogP contribution in [-0.2, 0) is 0 Å². The Morgan fingerprint density at radius 3 is 2.62 bits per heavy atom. The minimum absolute atomic E-state index is 0.145. The molecule has 24 heavy (non-hydrogen) atoms. The summed E-state index contributed by atoms with van der Waals surface area (Å²) in [5, 5.41) is 14.8. The number of aryl methyl sites for hydroxylation is 1. The second-order valence-electron chi connectivity index (χ2n) is 6.93. The third-order valence-corrected chi connectivity index (χ3v) is 6.24. The summed E-state index contributed by atoms with van der Waals surface area (Å²) in [7, 11) is 0. The molecule has 3 heterocycles. The highest BCUT2D eigenvalue weighted by molar-refractivity contribution is 7.17. The third-order valence-electron chi connectivity index (χ3n) is 5.14. The number of thiazole rings is 1. The van der Waals surface area contributed by atoms with Gasteiger partial charge in [0.1, 0.15) is 11.2 Å². The summed E-state index contributed by atoms with van der Waals surface area (Å²) in [6.45, 7) is 6.70. The van der Waals surface area contributed by atoms with Gasteiger partial charge in [-0.3, -0.25) is 0 Å². The molecular weight excluding hydrogens is 320 g/mol. The summed E-state index contributed by atoms with van der Waals surface area (Å²) in [4.78, 5) is 7.50. The molecule has 0 aliphatic carbocycles. The molecule has 1 saturated heterocycles. The number of nitrogens with zero attached hydrogens (tertiary/aromatic N) is 3. The summed E-state index contributed by atoms with van der Waals surface area (Å²) in [6, 6.07) is 8.84. The van der Waals surface area contributed by atoms with E-state index >= 15 is 0 Å². The van der Waals surface area contributed by atoms with E-state index in [2.05, 4.69) is 48.2 Å². The Labute approximate surface area is 145 Å². The molecule has 2 N–H and O–H groups in total. The third kappa shape index (κ3) is 2.70. The zero-order valence-electron chi connectivity index (χ0n) is 14.1. The Balaban J connectivity index is 1.78. The van der Waals surface area contributed by atoms with Crippen LogP contribution < -0.4 is 4.90 Å².